The molecule has 0 aliphatic carbocycles. The van der Waals surface area contributed by atoms with E-state index in [2.05, 4.69) is 46.3 Å². The molecule has 0 bridgehead atoms. The third kappa shape index (κ3) is 6.39. The number of amides is 1. The maximum Gasteiger partial charge on any atom is 0.234 e. The van der Waals surface area contributed by atoms with Gasteiger partial charge in [-0.3, -0.25) is 9.69 Å². The topological polar surface area (TPSA) is 54.0 Å². The molecule has 0 aromatic heterocycles. The lowest BCUT2D eigenvalue weighted by Crippen LogP contribution is -2.50. The van der Waals surface area contributed by atoms with Crippen LogP contribution >= 0.6 is 0 Å². The standard InChI is InChI=1S/C23H31N3O3/c1-3-28-20-8-10-21(11-9-20)29-17-12-24-23(27)18-25-13-15-26(16-14-25)22-7-5-4-6-19(22)2/h4-11H,3,12-18H2,1-2H3,(H,24,27). The molecule has 3 rings (SSSR count). The van der Waals surface area contributed by atoms with Crippen LogP contribution in [0.1, 0.15) is 12.5 Å². The molecule has 29 heavy (non-hydrogen) atoms. The Morgan fingerprint density at radius 2 is 1.62 bits per heavy atom. The highest BCUT2D eigenvalue weighted by Gasteiger charge is 2.19. The van der Waals surface area contributed by atoms with Crippen molar-refractivity contribution in [3.63, 3.8) is 0 Å². The number of nitrogens with one attached hydrogen (secondary N) is 1. The van der Waals surface area contributed by atoms with Gasteiger partial charge < -0.3 is 19.7 Å². The third-order valence-electron chi connectivity index (χ3n) is 5.02. The van der Waals surface area contributed by atoms with Crippen molar-refractivity contribution in [2.24, 2.45) is 0 Å². The SMILES string of the molecule is CCOc1ccc(OCCNC(=O)CN2CCN(c3ccccc3C)CC2)cc1. The average Bonchev–Trinajstić information content (AvgIpc) is 2.74. The van der Waals surface area contributed by atoms with E-state index in [1.807, 2.05) is 31.2 Å². The molecule has 1 aliphatic heterocycles. The summed E-state index contributed by atoms with van der Waals surface area (Å²) in [6.45, 7) is 9.79. The van der Waals surface area contributed by atoms with E-state index in [1.54, 1.807) is 0 Å². The minimum Gasteiger partial charge on any atom is -0.494 e. The molecule has 2 aromatic rings. The van der Waals surface area contributed by atoms with E-state index in [0.717, 1.165) is 37.7 Å². The molecule has 0 spiro atoms. The number of aryl methyl sites for hydroxylation is 1. The van der Waals surface area contributed by atoms with Crippen LogP contribution in [-0.2, 0) is 4.79 Å². The number of rotatable bonds is 9. The van der Waals surface area contributed by atoms with Crippen LogP contribution in [-0.4, -0.2) is 63.3 Å². The highest BCUT2D eigenvalue weighted by molar-refractivity contribution is 5.78. The van der Waals surface area contributed by atoms with Crippen LogP contribution in [0.5, 0.6) is 11.5 Å². The van der Waals surface area contributed by atoms with E-state index in [1.165, 1.54) is 11.3 Å². The zero-order valence-electron chi connectivity index (χ0n) is 17.4. The lowest BCUT2D eigenvalue weighted by atomic mass is 10.1. The third-order valence-corrected chi connectivity index (χ3v) is 5.02. The summed E-state index contributed by atoms with van der Waals surface area (Å²) in [5, 5.41) is 2.94. The summed E-state index contributed by atoms with van der Waals surface area (Å²) in [7, 11) is 0. The summed E-state index contributed by atoms with van der Waals surface area (Å²) >= 11 is 0. The van der Waals surface area contributed by atoms with E-state index in [9.17, 15) is 4.79 Å². The first-order valence-electron chi connectivity index (χ1n) is 10.3. The molecule has 6 nitrogen and oxygen atoms in total. The number of hydrogen-bond acceptors (Lipinski definition) is 5. The van der Waals surface area contributed by atoms with Crippen molar-refractivity contribution >= 4 is 11.6 Å². The lowest BCUT2D eigenvalue weighted by molar-refractivity contribution is -0.122. The monoisotopic (exact) mass is 397 g/mol. The molecule has 1 heterocycles. The first-order valence-corrected chi connectivity index (χ1v) is 10.3. The molecule has 1 amide bonds. The summed E-state index contributed by atoms with van der Waals surface area (Å²) in [6.07, 6.45) is 0. The number of anilines is 1. The Balaban J connectivity index is 1.32. The van der Waals surface area contributed by atoms with Crippen LogP contribution in [0.15, 0.2) is 48.5 Å². The van der Waals surface area contributed by atoms with Crippen LogP contribution in [0.3, 0.4) is 0 Å². The summed E-state index contributed by atoms with van der Waals surface area (Å²) in [4.78, 5) is 16.8. The van der Waals surface area contributed by atoms with Gasteiger partial charge in [-0.05, 0) is 49.7 Å². The molecule has 1 saturated heterocycles. The Labute approximate surface area is 173 Å². The Hall–Kier alpha value is -2.73. The normalized spacial score (nSPS) is 14.5. The Morgan fingerprint density at radius 1 is 0.966 bits per heavy atom. The summed E-state index contributed by atoms with van der Waals surface area (Å²) in [5.74, 6) is 1.65. The minimum atomic E-state index is 0.0460. The maximum atomic E-state index is 12.2. The average molecular weight is 398 g/mol. The highest BCUT2D eigenvalue weighted by Crippen LogP contribution is 2.20. The number of piperazine rings is 1. The molecule has 1 N–H and O–H groups in total. The molecule has 0 radical (unpaired) electrons. The largest absolute Gasteiger partial charge is 0.494 e. The predicted molar refractivity (Wildman–Crippen MR) is 116 cm³/mol. The highest BCUT2D eigenvalue weighted by atomic mass is 16.5. The Kier molecular flexibility index (Phi) is 7.76. The second kappa shape index (κ2) is 10.7. The fourth-order valence-corrected chi connectivity index (χ4v) is 3.48. The van der Waals surface area contributed by atoms with Crippen molar-refractivity contribution in [1.29, 1.82) is 0 Å². The second-order valence-corrected chi connectivity index (χ2v) is 7.15. The van der Waals surface area contributed by atoms with Gasteiger partial charge in [-0.15, -0.1) is 0 Å². The molecule has 1 aliphatic rings. The van der Waals surface area contributed by atoms with Crippen LogP contribution in [0, 0.1) is 6.92 Å². The van der Waals surface area contributed by atoms with Gasteiger partial charge in [0.2, 0.25) is 5.91 Å². The molecule has 0 unspecified atom stereocenters. The van der Waals surface area contributed by atoms with Crippen molar-refractivity contribution in [3.8, 4) is 11.5 Å². The zero-order valence-corrected chi connectivity index (χ0v) is 17.4. The number of hydrogen-bond donors (Lipinski definition) is 1. The maximum absolute atomic E-state index is 12.2. The smallest absolute Gasteiger partial charge is 0.234 e. The van der Waals surface area contributed by atoms with E-state index < -0.39 is 0 Å². The second-order valence-electron chi connectivity index (χ2n) is 7.15. The minimum absolute atomic E-state index is 0.0460. The van der Waals surface area contributed by atoms with Crippen molar-refractivity contribution in [1.82, 2.24) is 10.2 Å². The van der Waals surface area contributed by atoms with Gasteiger partial charge in [0.25, 0.3) is 0 Å². The fraction of sp³-hybridized carbons (Fsp3) is 0.435. The number of carbonyl (C=O) groups is 1. The van der Waals surface area contributed by atoms with Gasteiger partial charge in [-0.2, -0.15) is 0 Å². The fourth-order valence-electron chi connectivity index (χ4n) is 3.48. The molecule has 1 fully saturated rings. The van der Waals surface area contributed by atoms with E-state index in [4.69, 9.17) is 9.47 Å². The van der Waals surface area contributed by atoms with Crippen molar-refractivity contribution in [3.05, 3.63) is 54.1 Å². The van der Waals surface area contributed by atoms with Crippen LogP contribution in [0.4, 0.5) is 5.69 Å². The molecular weight excluding hydrogens is 366 g/mol. The Bertz CT molecular complexity index is 771. The lowest BCUT2D eigenvalue weighted by Gasteiger charge is -2.36. The molecule has 156 valence electrons. The van der Waals surface area contributed by atoms with Gasteiger partial charge >= 0.3 is 0 Å². The first-order chi connectivity index (χ1) is 14.2. The van der Waals surface area contributed by atoms with E-state index in [-0.39, 0.29) is 5.91 Å². The number of carbonyl (C=O) groups excluding carboxylic acids is 1. The molecule has 0 atom stereocenters. The van der Waals surface area contributed by atoms with Gasteiger partial charge in [0.15, 0.2) is 0 Å². The van der Waals surface area contributed by atoms with Gasteiger partial charge in [-0.1, -0.05) is 18.2 Å². The molecule has 0 saturated carbocycles. The van der Waals surface area contributed by atoms with Crippen LogP contribution < -0.4 is 19.7 Å². The number of benzene rings is 2. The van der Waals surface area contributed by atoms with Gasteiger partial charge in [0, 0.05) is 31.9 Å². The molecule has 2 aromatic carbocycles. The van der Waals surface area contributed by atoms with E-state index >= 15 is 0 Å². The summed E-state index contributed by atoms with van der Waals surface area (Å²) < 4.78 is 11.1. The van der Waals surface area contributed by atoms with Gasteiger partial charge in [0.05, 0.1) is 19.7 Å². The molecular formula is C23H31N3O3. The van der Waals surface area contributed by atoms with Crippen molar-refractivity contribution in [2.45, 2.75) is 13.8 Å². The summed E-state index contributed by atoms with van der Waals surface area (Å²) in [5.41, 5.74) is 2.59. The van der Waals surface area contributed by atoms with Crippen molar-refractivity contribution < 1.29 is 14.3 Å². The van der Waals surface area contributed by atoms with Gasteiger partial charge in [0.1, 0.15) is 18.1 Å². The van der Waals surface area contributed by atoms with E-state index in [0.29, 0.717) is 26.3 Å². The first kappa shape index (κ1) is 21.0. The van der Waals surface area contributed by atoms with Crippen LogP contribution in [0.2, 0.25) is 0 Å². The quantitative estimate of drug-likeness (QED) is 0.660. The predicted octanol–water partition coefficient (Wildman–Crippen LogP) is 2.71. The Morgan fingerprint density at radius 3 is 2.28 bits per heavy atom. The van der Waals surface area contributed by atoms with Gasteiger partial charge in [-0.25, -0.2) is 0 Å². The number of para-hydroxylation sites is 1. The van der Waals surface area contributed by atoms with Crippen molar-refractivity contribution in [2.75, 3.05) is 57.4 Å². The number of nitrogens with zero attached hydrogens (tertiary/aromatic N) is 2. The van der Waals surface area contributed by atoms with Crippen LogP contribution in [0.25, 0.3) is 0 Å². The number of ether oxygens (including phenoxy) is 2. The zero-order chi connectivity index (χ0) is 20.5. The summed E-state index contributed by atoms with van der Waals surface area (Å²) in [6, 6.07) is 16.0. The molecule has 6 heteroatoms.